The molecule has 108 valence electrons. The molecule has 1 aliphatic rings. The first-order valence-corrected chi connectivity index (χ1v) is 8.88. The van der Waals surface area contributed by atoms with E-state index in [9.17, 15) is 13.2 Å². The first-order valence-electron chi connectivity index (χ1n) is 6.24. The molecule has 1 aromatic carbocycles. The van der Waals surface area contributed by atoms with Crippen molar-refractivity contribution in [2.75, 3.05) is 18.1 Å². The molecule has 5 nitrogen and oxygen atoms in total. The summed E-state index contributed by atoms with van der Waals surface area (Å²) < 4.78 is 24.1. The van der Waals surface area contributed by atoms with Gasteiger partial charge in [0.25, 0.3) is 0 Å². The predicted molar refractivity (Wildman–Crippen MR) is 80.8 cm³/mol. The van der Waals surface area contributed by atoms with E-state index in [1.54, 1.807) is 24.3 Å². The average Bonchev–Trinajstić information content (AvgIpc) is 2.90. The van der Waals surface area contributed by atoms with Gasteiger partial charge >= 0.3 is 0 Å². The number of hydrogen-bond donors (Lipinski definition) is 1. The fourth-order valence-electron chi connectivity index (χ4n) is 1.68. The Hall–Kier alpha value is -1.34. The lowest BCUT2D eigenvalue weighted by Crippen LogP contribution is -2.29. The summed E-state index contributed by atoms with van der Waals surface area (Å²) in [7, 11) is -3.41. The zero-order valence-corrected chi connectivity index (χ0v) is 12.8. The van der Waals surface area contributed by atoms with Gasteiger partial charge in [0.1, 0.15) is 0 Å². The van der Waals surface area contributed by atoms with Crippen LogP contribution in [-0.2, 0) is 14.6 Å². The number of nitrogens with one attached hydrogen (secondary N) is 1. The van der Waals surface area contributed by atoms with Crippen molar-refractivity contribution in [2.24, 2.45) is 4.99 Å². The van der Waals surface area contributed by atoms with Crippen molar-refractivity contribution in [3.63, 3.8) is 0 Å². The minimum atomic E-state index is -3.41. The van der Waals surface area contributed by atoms with Crippen molar-refractivity contribution in [2.45, 2.75) is 18.2 Å². The van der Waals surface area contributed by atoms with Gasteiger partial charge in [-0.25, -0.2) is 8.42 Å². The number of thioether (sulfide) groups is 1. The number of amidine groups is 1. The SMILES string of the molecule is Cc1ccc(S(=O)(=O)CCC(=O)NC2=NCCS2)cc1. The second-order valence-corrected chi connectivity index (χ2v) is 7.66. The molecular formula is C13H16N2O3S2. The number of sulfone groups is 1. The third kappa shape index (κ3) is 4.08. The van der Waals surface area contributed by atoms with Crippen LogP contribution in [0.3, 0.4) is 0 Å². The first-order chi connectivity index (χ1) is 9.47. The summed E-state index contributed by atoms with van der Waals surface area (Å²) in [5.41, 5.74) is 0.998. The van der Waals surface area contributed by atoms with Gasteiger partial charge in [0.2, 0.25) is 5.91 Å². The molecule has 1 aromatic rings. The summed E-state index contributed by atoms with van der Waals surface area (Å²) in [5, 5.41) is 3.21. The molecule has 1 N–H and O–H groups in total. The number of benzene rings is 1. The van der Waals surface area contributed by atoms with E-state index < -0.39 is 9.84 Å². The molecule has 0 aromatic heterocycles. The van der Waals surface area contributed by atoms with E-state index in [4.69, 9.17) is 0 Å². The van der Waals surface area contributed by atoms with Crippen molar-refractivity contribution in [1.29, 1.82) is 0 Å². The van der Waals surface area contributed by atoms with Crippen LogP contribution < -0.4 is 5.32 Å². The highest BCUT2D eigenvalue weighted by atomic mass is 32.2. The molecule has 20 heavy (non-hydrogen) atoms. The Bertz CT molecular complexity index is 622. The van der Waals surface area contributed by atoms with Crippen LogP contribution >= 0.6 is 11.8 Å². The second kappa shape index (κ2) is 6.41. The van der Waals surface area contributed by atoms with Gasteiger partial charge in [0, 0.05) is 12.2 Å². The van der Waals surface area contributed by atoms with Crippen molar-refractivity contribution in [3.8, 4) is 0 Å². The van der Waals surface area contributed by atoms with E-state index in [1.165, 1.54) is 11.8 Å². The molecule has 1 heterocycles. The number of rotatable bonds is 4. The fraction of sp³-hybridized carbons (Fsp3) is 0.385. The Morgan fingerprint density at radius 1 is 1.35 bits per heavy atom. The molecule has 1 amide bonds. The normalized spacial score (nSPS) is 14.9. The highest BCUT2D eigenvalue weighted by Gasteiger charge is 2.17. The second-order valence-electron chi connectivity index (χ2n) is 4.47. The van der Waals surface area contributed by atoms with Gasteiger partial charge in [0.15, 0.2) is 15.0 Å². The average molecular weight is 312 g/mol. The lowest BCUT2D eigenvalue weighted by atomic mass is 10.2. The van der Waals surface area contributed by atoms with E-state index in [1.807, 2.05) is 6.92 Å². The Morgan fingerprint density at radius 3 is 2.65 bits per heavy atom. The largest absolute Gasteiger partial charge is 0.305 e. The van der Waals surface area contributed by atoms with Gasteiger partial charge in [-0.1, -0.05) is 29.5 Å². The third-order valence-corrected chi connectivity index (χ3v) is 5.43. The molecule has 0 unspecified atom stereocenters. The maximum Gasteiger partial charge on any atom is 0.226 e. The molecule has 0 fully saturated rings. The monoisotopic (exact) mass is 312 g/mol. The van der Waals surface area contributed by atoms with Gasteiger partial charge < -0.3 is 5.32 Å². The third-order valence-electron chi connectivity index (χ3n) is 2.81. The molecular weight excluding hydrogens is 296 g/mol. The van der Waals surface area contributed by atoms with Gasteiger partial charge in [-0.15, -0.1) is 0 Å². The number of aryl methyl sites for hydroxylation is 1. The Kier molecular flexibility index (Phi) is 4.82. The number of amides is 1. The topological polar surface area (TPSA) is 75.6 Å². The molecule has 0 atom stereocenters. The summed E-state index contributed by atoms with van der Waals surface area (Å²) >= 11 is 1.47. The number of nitrogens with zero attached hydrogens (tertiary/aromatic N) is 1. The smallest absolute Gasteiger partial charge is 0.226 e. The molecule has 2 rings (SSSR count). The van der Waals surface area contributed by atoms with Crippen molar-refractivity contribution in [3.05, 3.63) is 29.8 Å². The van der Waals surface area contributed by atoms with E-state index >= 15 is 0 Å². The summed E-state index contributed by atoms with van der Waals surface area (Å²) in [5.74, 6) is 0.353. The number of carbonyl (C=O) groups is 1. The van der Waals surface area contributed by atoms with E-state index in [2.05, 4.69) is 10.3 Å². The van der Waals surface area contributed by atoms with E-state index in [0.29, 0.717) is 11.7 Å². The van der Waals surface area contributed by atoms with Crippen LogP contribution in [0.5, 0.6) is 0 Å². The maximum absolute atomic E-state index is 12.1. The Balaban J connectivity index is 1.91. The minimum absolute atomic E-state index is 0.0597. The van der Waals surface area contributed by atoms with Crippen LogP contribution in [0.4, 0.5) is 0 Å². The van der Waals surface area contributed by atoms with Gasteiger partial charge in [-0.3, -0.25) is 9.79 Å². The highest BCUT2D eigenvalue weighted by Crippen LogP contribution is 2.13. The highest BCUT2D eigenvalue weighted by molar-refractivity contribution is 8.14. The minimum Gasteiger partial charge on any atom is -0.305 e. The van der Waals surface area contributed by atoms with Crippen LogP contribution in [0, 0.1) is 6.92 Å². The van der Waals surface area contributed by atoms with Gasteiger partial charge in [-0.05, 0) is 19.1 Å². The van der Waals surface area contributed by atoms with Crippen LogP contribution in [0.15, 0.2) is 34.2 Å². The first kappa shape index (κ1) is 15.1. The number of carbonyl (C=O) groups excluding carboxylic acids is 1. The number of hydrogen-bond acceptors (Lipinski definition) is 5. The molecule has 1 aliphatic heterocycles. The summed E-state index contributed by atoms with van der Waals surface area (Å²) in [6.07, 6.45) is -0.0597. The summed E-state index contributed by atoms with van der Waals surface area (Å²) in [6.45, 7) is 2.59. The summed E-state index contributed by atoms with van der Waals surface area (Å²) in [6, 6.07) is 6.63. The van der Waals surface area contributed by atoms with Crippen molar-refractivity contribution >= 4 is 32.7 Å². The van der Waals surface area contributed by atoms with Crippen LogP contribution in [0.1, 0.15) is 12.0 Å². The zero-order valence-electron chi connectivity index (χ0n) is 11.1. The maximum atomic E-state index is 12.1. The Labute approximate surface area is 122 Å². The summed E-state index contributed by atoms with van der Waals surface area (Å²) in [4.78, 5) is 16.0. The molecule has 7 heteroatoms. The number of aliphatic imine (C=N–C) groups is 1. The lowest BCUT2D eigenvalue weighted by molar-refractivity contribution is -0.119. The van der Waals surface area contributed by atoms with Crippen LogP contribution in [0.2, 0.25) is 0 Å². The molecule has 0 saturated heterocycles. The van der Waals surface area contributed by atoms with E-state index in [0.717, 1.165) is 11.3 Å². The van der Waals surface area contributed by atoms with E-state index in [-0.39, 0.29) is 23.0 Å². The quantitative estimate of drug-likeness (QED) is 0.911. The molecule has 0 bridgehead atoms. The lowest BCUT2D eigenvalue weighted by Gasteiger charge is -2.06. The van der Waals surface area contributed by atoms with Gasteiger partial charge in [-0.2, -0.15) is 0 Å². The molecule has 0 spiro atoms. The molecule has 0 saturated carbocycles. The van der Waals surface area contributed by atoms with Crippen molar-refractivity contribution in [1.82, 2.24) is 5.32 Å². The predicted octanol–water partition coefficient (Wildman–Crippen LogP) is 1.38. The molecule has 0 radical (unpaired) electrons. The molecule has 0 aliphatic carbocycles. The van der Waals surface area contributed by atoms with Crippen molar-refractivity contribution < 1.29 is 13.2 Å². The zero-order chi connectivity index (χ0) is 14.6. The standard InChI is InChI=1S/C13H16N2O3S2/c1-10-2-4-11(5-3-10)20(17,18)9-6-12(16)15-13-14-7-8-19-13/h2-5H,6-9H2,1H3,(H,14,15,16). The van der Waals surface area contributed by atoms with Gasteiger partial charge in [0.05, 0.1) is 17.2 Å². The fourth-order valence-corrected chi connectivity index (χ4v) is 3.67. The Morgan fingerprint density at radius 2 is 2.05 bits per heavy atom. The van der Waals surface area contributed by atoms with Crippen LogP contribution in [-0.4, -0.2) is 37.5 Å². The van der Waals surface area contributed by atoms with Crippen LogP contribution in [0.25, 0.3) is 0 Å².